The summed E-state index contributed by atoms with van der Waals surface area (Å²) in [7, 11) is 3.14. The number of anilines is 1. The molecular weight excluding hydrogens is 500 g/mol. The average molecular weight is 529 g/mol. The van der Waals surface area contributed by atoms with Gasteiger partial charge in [0.25, 0.3) is 0 Å². The van der Waals surface area contributed by atoms with Gasteiger partial charge in [0, 0.05) is 45.1 Å². The number of carbonyl (C=O) groups is 1. The lowest BCUT2D eigenvalue weighted by Gasteiger charge is -2.42. The second-order valence-corrected chi connectivity index (χ2v) is 9.91. The maximum atomic E-state index is 13.7. The highest BCUT2D eigenvalue weighted by atomic mass is 35.5. The zero-order chi connectivity index (χ0) is 27.0. The molecule has 0 fully saturated rings. The second-order valence-electron chi connectivity index (χ2n) is 9.47. The van der Waals surface area contributed by atoms with E-state index < -0.39 is 5.92 Å². The Morgan fingerprint density at radius 1 is 1.03 bits per heavy atom. The number of Topliss-reactive ketones (excluding diaryl/α,β-unsaturated/α-hetero) is 1. The van der Waals surface area contributed by atoms with Crippen LogP contribution in [-0.2, 0) is 4.79 Å². The van der Waals surface area contributed by atoms with Crippen LogP contribution in [0.25, 0.3) is 5.76 Å². The number of aryl methyl sites for hydroxylation is 1. The summed E-state index contributed by atoms with van der Waals surface area (Å²) in [5.41, 5.74) is 4.52. The lowest BCUT2D eigenvalue weighted by molar-refractivity contribution is -0.116. The molecule has 5 rings (SSSR count). The van der Waals surface area contributed by atoms with Crippen LogP contribution in [0.15, 0.2) is 83.6 Å². The van der Waals surface area contributed by atoms with Crippen molar-refractivity contribution in [2.24, 2.45) is 0 Å². The standard InChI is InChI=1S/C31H29ClN2O4/c1-18-10-12-19(13-11-18)30(36)29-27(23-17-22(37-2)14-15-26(23)38-3)28-24(8-5-9-25(28)35)34(31(29)33)21-7-4-6-20(32)16-21/h4,6-7,10-17,27,33,36H,5,8-9H2,1-3H3. The SMILES string of the molecule is COc1ccc(OC)c(C2C(=C(O)c3ccc(C)cc3)C(=N)N(c3cccc(Cl)c3)C3=C2C(=O)CCC3)c1. The number of allylic oxidation sites excluding steroid dienone is 2. The Morgan fingerprint density at radius 2 is 1.79 bits per heavy atom. The van der Waals surface area contributed by atoms with Gasteiger partial charge in [-0.05, 0) is 56.2 Å². The molecule has 0 bridgehead atoms. The van der Waals surface area contributed by atoms with Crippen molar-refractivity contribution in [3.05, 3.63) is 105 Å². The van der Waals surface area contributed by atoms with Crippen molar-refractivity contribution in [2.45, 2.75) is 32.1 Å². The van der Waals surface area contributed by atoms with Gasteiger partial charge in [0.15, 0.2) is 5.78 Å². The van der Waals surface area contributed by atoms with Gasteiger partial charge in [-0.25, -0.2) is 0 Å². The van der Waals surface area contributed by atoms with Crippen molar-refractivity contribution < 1.29 is 19.4 Å². The molecule has 0 saturated heterocycles. The molecule has 0 aromatic heterocycles. The molecule has 0 spiro atoms. The Kier molecular flexibility index (Phi) is 7.00. The minimum atomic E-state index is -0.730. The first-order valence-corrected chi connectivity index (χ1v) is 12.8. The van der Waals surface area contributed by atoms with Crippen LogP contribution in [0.1, 0.15) is 41.9 Å². The lowest BCUT2D eigenvalue weighted by atomic mass is 9.73. The van der Waals surface area contributed by atoms with Crippen LogP contribution < -0.4 is 14.4 Å². The number of nitrogens with one attached hydrogen (secondary N) is 1. The van der Waals surface area contributed by atoms with Crippen LogP contribution >= 0.6 is 11.6 Å². The van der Waals surface area contributed by atoms with E-state index in [1.807, 2.05) is 49.4 Å². The normalized spacial score (nSPS) is 18.8. The smallest absolute Gasteiger partial charge is 0.161 e. The van der Waals surface area contributed by atoms with Crippen LogP contribution in [0.4, 0.5) is 5.69 Å². The summed E-state index contributed by atoms with van der Waals surface area (Å²) in [6.45, 7) is 1.97. The Bertz CT molecular complexity index is 1490. The van der Waals surface area contributed by atoms with Gasteiger partial charge in [-0.2, -0.15) is 0 Å². The minimum absolute atomic E-state index is 0.0187. The summed E-state index contributed by atoms with van der Waals surface area (Å²) in [6, 6.07) is 20.1. The average Bonchev–Trinajstić information content (AvgIpc) is 2.92. The van der Waals surface area contributed by atoms with Crippen molar-refractivity contribution >= 4 is 34.7 Å². The zero-order valence-corrected chi connectivity index (χ0v) is 22.3. The summed E-state index contributed by atoms with van der Waals surface area (Å²) in [5.74, 6) is 0.390. The van der Waals surface area contributed by atoms with Gasteiger partial charge in [0.1, 0.15) is 23.1 Å². The van der Waals surface area contributed by atoms with Crippen LogP contribution in [0, 0.1) is 12.3 Å². The van der Waals surface area contributed by atoms with E-state index in [1.165, 1.54) is 0 Å². The van der Waals surface area contributed by atoms with Crippen molar-refractivity contribution in [1.29, 1.82) is 5.41 Å². The van der Waals surface area contributed by atoms with E-state index in [0.29, 0.717) is 63.7 Å². The number of hydrogen-bond donors (Lipinski definition) is 2. The molecule has 1 heterocycles. The molecular formula is C31H29ClN2O4. The van der Waals surface area contributed by atoms with E-state index in [1.54, 1.807) is 43.4 Å². The van der Waals surface area contributed by atoms with Gasteiger partial charge in [-0.3, -0.25) is 15.1 Å². The maximum absolute atomic E-state index is 13.7. The predicted octanol–water partition coefficient (Wildman–Crippen LogP) is 7.22. The molecule has 6 nitrogen and oxygen atoms in total. The fourth-order valence-corrected chi connectivity index (χ4v) is 5.52. The number of rotatable bonds is 5. The highest BCUT2D eigenvalue weighted by molar-refractivity contribution is 6.31. The third kappa shape index (κ3) is 4.45. The second kappa shape index (κ2) is 10.4. The number of carbonyl (C=O) groups excluding carboxylic acids is 1. The highest BCUT2D eigenvalue weighted by Gasteiger charge is 2.44. The molecule has 7 heteroatoms. The summed E-state index contributed by atoms with van der Waals surface area (Å²) < 4.78 is 11.2. The Balaban J connectivity index is 1.87. The van der Waals surface area contributed by atoms with E-state index in [0.717, 1.165) is 11.3 Å². The van der Waals surface area contributed by atoms with E-state index in [4.69, 9.17) is 21.1 Å². The van der Waals surface area contributed by atoms with Crippen molar-refractivity contribution in [3.8, 4) is 11.5 Å². The molecule has 38 heavy (non-hydrogen) atoms. The molecule has 2 aliphatic rings. The van der Waals surface area contributed by atoms with Gasteiger partial charge in [0.05, 0.1) is 20.1 Å². The molecule has 3 aromatic rings. The lowest BCUT2D eigenvalue weighted by Crippen LogP contribution is -2.42. The first-order chi connectivity index (χ1) is 18.3. The van der Waals surface area contributed by atoms with E-state index in [2.05, 4.69) is 0 Å². The third-order valence-electron chi connectivity index (χ3n) is 7.15. The molecule has 0 amide bonds. The predicted molar refractivity (Wildman–Crippen MR) is 151 cm³/mol. The maximum Gasteiger partial charge on any atom is 0.161 e. The Labute approximate surface area is 227 Å². The van der Waals surface area contributed by atoms with Gasteiger partial charge < -0.3 is 14.6 Å². The number of benzene rings is 3. The molecule has 1 atom stereocenters. The van der Waals surface area contributed by atoms with Crippen LogP contribution in [-0.4, -0.2) is 30.9 Å². The number of aliphatic hydroxyl groups excluding tert-OH is 1. The van der Waals surface area contributed by atoms with Crippen molar-refractivity contribution in [2.75, 3.05) is 19.1 Å². The molecule has 1 unspecified atom stereocenters. The summed E-state index contributed by atoms with van der Waals surface area (Å²) >= 11 is 6.35. The number of halogens is 1. The number of nitrogens with zero attached hydrogens (tertiary/aromatic N) is 1. The van der Waals surface area contributed by atoms with E-state index in [9.17, 15) is 15.3 Å². The van der Waals surface area contributed by atoms with Crippen molar-refractivity contribution in [3.63, 3.8) is 0 Å². The monoisotopic (exact) mass is 528 g/mol. The van der Waals surface area contributed by atoms with Gasteiger partial charge >= 0.3 is 0 Å². The zero-order valence-electron chi connectivity index (χ0n) is 21.5. The highest BCUT2D eigenvalue weighted by Crippen LogP contribution is 2.50. The Hall–Kier alpha value is -4.03. The Morgan fingerprint density at radius 3 is 2.47 bits per heavy atom. The van der Waals surface area contributed by atoms with Crippen LogP contribution in [0.3, 0.4) is 0 Å². The number of hydrogen-bond acceptors (Lipinski definition) is 5. The van der Waals surface area contributed by atoms with Crippen LogP contribution in [0.2, 0.25) is 5.02 Å². The molecule has 2 N–H and O–H groups in total. The number of amidine groups is 1. The topological polar surface area (TPSA) is 82.8 Å². The quantitative estimate of drug-likeness (QED) is 0.341. The summed E-state index contributed by atoms with van der Waals surface area (Å²) in [6.07, 6.45) is 1.67. The molecule has 0 radical (unpaired) electrons. The third-order valence-corrected chi connectivity index (χ3v) is 7.38. The molecule has 1 aliphatic carbocycles. The number of ketones is 1. The molecule has 194 valence electrons. The van der Waals surface area contributed by atoms with Gasteiger partial charge in [0.2, 0.25) is 0 Å². The van der Waals surface area contributed by atoms with E-state index >= 15 is 0 Å². The molecule has 3 aromatic carbocycles. The fourth-order valence-electron chi connectivity index (χ4n) is 5.33. The first-order valence-electron chi connectivity index (χ1n) is 12.5. The number of aliphatic hydroxyl groups is 1. The van der Waals surface area contributed by atoms with E-state index in [-0.39, 0.29) is 17.4 Å². The van der Waals surface area contributed by atoms with Gasteiger partial charge in [-0.15, -0.1) is 0 Å². The molecule has 0 saturated carbocycles. The van der Waals surface area contributed by atoms with Crippen LogP contribution in [0.5, 0.6) is 11.5 Å². The summed E-state index contributed by atoms with van der Waals surface area (Å²) in [5, 5.41) is 21.8. The van der Waals surface area contributed by atoms with Gasteiger partial charge in [-0.1, -0.05) is 47.5 Å². The molecule has 1 aliphatic heterocycles. The summed E-state index contributed by atoms with van der Waals surface area (Å²) in [4.78, 5) is 15.5. The van der Waals surface area contributed by atoms with Crippen molar-refractivity contribution in [1.82, 2.24) is 0 Å². The number of methoxy groups -OCH3 is 2. The first kappa shape index (κ1) is 25.6. The number of ether oxygens (including phenoxy) is 2. The fraction of sp³-hybridized carbons (Fsp3) is 0.226. The minimum Gasteiger partial charge on any atom is -0.507 e. The largest absolute Gasteiger partial charge is 0.507 e.